The van der Waals surface area contributed by atoms with Gasteiger partial charge < -0.3 is 14.2 Å². The molecule has 140 valence electrons. The smallest absolute Gasteiger partial charge is 0.268 e. The van der Waals surface area contributed by atoms with Crippen LogP contribution in [0.2, 0.25) is 0 Å². The molecule has 28 heavy (non-hydrogen) atoms. The van der Waals surface area contributed by atoms with Gasteiger partial charge in [-0.2, -0.15) is 0 Å². The second-order valence-electron chi connectivity index (χ2n) is 6.71. The quantitative estimate of drug-likeness (QED) is 0.542. The lowest BCUT2D eigenvalue weighted by Crippen LogP contribution is -2.47. The van der Waals surface area contributed by atoms with E-state index in [1.807, 2.05) is 42.6 Å². The molecule has 4 aromatic rings. The lowest BCUT2D eigenvalue weighted by molar-refractivity contribution is 0.530. The molecule has 0 aliphatic carbocycles. The van der Waals surface area contributed by atoms with E-state index in [2.05, 4.69) is 41.2 Å². The van der Waals surface area contributed by atoms with Crippen molar-refractivity contribution in [3.63, 3.8) is 0 Å². The van der Waals surface area contributed by atoms with Gasteiger partial charge in [-0.05, 0) is 12.1 Å². The fourth-order valence-electron chi connectivity index (χ4n) is 3.56. The first kappa shape index (κ1) is 16.6. The Morgan fingerprint density at radius 3 is 2.25 bits per heavy atom. The Labute approximate surface area is 161 Å². The van der Waals surface area contributed by atoms with Crippen LogP contribution in [-0.4, -0.2) is 51.6 Å². The van der Waals surface area contributed by atoms with E-state index in [4.69, 9.17) is 4.42 Å². The molecule has 5 rings (SSSR count). The Morgan fingerprint density at radius 2 is 1.54 bits per heavy atom. The molecule has 0 bridgehead atoms. The number of pyridine rings is 1. The topological polar surface area (TPSA) is 84.1 Å². The summed E-state index contributed by atoms with van der Waals surface area (Å²) in [6, 6.07) is 14.1. The molecule has 8 heteroatoms. The minimum Gasteiger partial charge on any atom is -0.420 e. The van der Waals surface area contributed by atoms with Crippen molar-refractivity contribution in [1.82, 2.24) is 25.4 Å². The van der Waals surface area contributed by atoms with Crippen molar-refractivity contribution in [3.8, 4) is 11.6 Å². The summed E-state index contributed by atoms with van der Waals surface area (Å²) in [4.78, 5) is 9.02. The number of benzene rings is 1. The maximum absolute atomic E-state index is 5.57. The molecule has 3 aromatic heterocycles. The Balaban J connectivity index is 1.46. The third-order valence-corrected chi connectivity index (χ3v) is 4.95. The fourth-order valence-corrected chi connectivity index (χ4v) is 3.56. The van der Waals surface area contributed by atoms with Crippen LogP contribution in [0.15, 0.2) is 53.1 Å². The van der Waals surface area contributed by atoms with Crippen LogP contribution in [0.1, 0.15) is 5.89 Å². The first-order valence-corrected chi connectivity index (χ1v) is 9.26. The van der Waals surface area contributed by atoms with Crippen molar-refractivity contribution in [2.75, 3.05) is 36.0 Å². The summed E-state index contributed by atoms with van der Waals surface area (Å²) in [5, 5.41) is 19.0. The number of aromatic nitrogens is 5. The molecule has 0 amide bonds. The molecule has 1 saturated heterocycles. The zero-order chi connectivity index (χ0) is 18.9. The van der Waals surface area contributed by atoms with E-state index in [1.165, 1.54) is 0 Å². The number of anilines is 2. The summed E-state index contributed by atoms with van der Waals surface area (Å²) in [5.74, 6) is 2.81. The molecule has 1 aliphatic rings. The third-order valence-electron chi connectivity index (χ3n) is 4.95. The van der Waals surface area contributed by atoms with Gasteiger partial charge in [-0.15, -0.1) is 20.4 Å². The van der Waals surface area contributed by atoms with Crippen LogP contribution in [0.25, 0.3) is 22.4 Å². The van der Waals surface area contributed by atoms with E-state index in [9.17, 15) is 0 Å². The average molecular weight is 373 g/mol. The van der Waals surface area contributed by atoms with Gasteiger partial charge in [0.25, 0.3) is 5.89 Å². The van der Waals surface area contributed by atoms with Gasteiger partial charge in [0, 0.05) is 50.1 Å². The zero-order valence-corrected chi connectivity index (χ0v) is 15.5. The maximum Gasteiger partial charge on any atom is 0.268 e. The van der Waals surface area contributed by atoms with Gasteiger partial charge in [-0.3, -0.25) is 0 Å². The van der Waals surface area contributed by atoms with Crippen molar-refractivity contribution in [2.24, 2.45) is 0 Å². The molecule has 8 nitrogen and oxygen atoms in total. The van der Waals surface area contributed by atoms with E-state index in [-0.39, 0.29) is 0 Å². The lowest BCUT2D eigenvalue weighted by Gasteiger charge is -2.36. The van der Waals surface area contributed by atoms with Crippen molar-refractivity contribution >= 4 is 22.4 Å². The SMILES string of the molecule is Cc1nnc(-c2nnc(N3CCN(c4ccccn4)CC3)c3ccccc23)o1. The molecule has 0 saturated carbocycles. The molecule has 1 fully saturated rings. The predicted octanol–water partition coefficient (Wildman–Crippen LogP) is 2.71. The van der Waals surface area contributed by atoms with Gasteiger partial charge >= 0.3 is 0 Å². The van der Waals surface area contributed by atoms with Gasteiger partial charge in [0.15, 0.2) is 11.5 Å². The molecule has 1 aromatic carbocycles. The molecule has 0 atom stereocenters. The summed E-state index contributed by atoms with van der Waals surface area (Å²) in [6.07, 6.45) is 1.83. The van der Waals surface area contributed by atoms with Crippen molar-refractivity contribution < 1.29 is 4.42 Å². The largest absolute Gasteiger partial charge is 0.420 e. The molecule has 0 unspecified atom stereocenters. The highest BCUT2D eigenvalue weighted by atomic mass is 16.4. The summed E-state index contributed by atoms with van der Waals surface area (Å²) in [6.45, 7) is 5.25. The Hall–Kier alpha value is -3.55. The lowest BCUT2D eigenvalue weighted by atomic mass is 10.1. The molecule has 4 heterocycles. The van der Waals surface area contributed by atoms with Gasteiger partial charge in [-0.25, -0.2) is 4.98 Å². The van der Waals surface area contributed by atoms with Crippen LogP contribution < -0.4 is 9.80 Å². The highest BCUT2D eigenvalue weighted by Gasteiger charge is 2.23. The second-order valence-corrected chi connectivity index (χ2v) is 6.71. The highest BCUT2D eigenvalue weighted by Crippen LogP contribution is 2.31. The van der Waals surface area contributed by atoms with E-state index in [0.29, 0.717) is 17.5 Å². The normalized spacial score (nSPS) is 14.6. The molecule has 1 aliphatic heterocycles. The third kappa shape index (κ3) is 2.92. The van der Waals surface area contributed by atoms with Crippen LogP contribution in [0.3, 0.4) is 0 Å². The van der Waals surface area contributed by atoms with E-state index < -0.39 is 0 Å². The maximum atomic E-state index is 5.57. The molecular formula is C20H19N7O. The predicted molar refractivity (Wildman–Crippen MR) is 106 cm³/mol. The number of hydrogen-bond donors (Lipinski definition) is 0. The molecule has 0 radical (unpaired) electrons. The first-order chi connectivity index (χ1) is 13.8. The summed E-state index contributed by atoms with van der Waals surface area (Å²) in [7, 11) is 0. The fraction of sp³-hybridized carbons (Fsp3) is 0.250. The Morgan fingerprint density at radius 1 is 0.786 bits per heavy atom. The van der Waals surface area contributed by atoms with E-state index in [0.717, 1.165) is 48.6 Å². The minimum atomic E-state index is 0.396. The van der Waals surface area contributed by atoms with Gasteiger partial charge in [-0.1, -0.05) is 30.3 Å². The Bertz CT molecular complexity index is 1100. The monoisotopic (exact) mass is 373 g/mol. The number of piperazine rings is 1. The van der Waals surface area contributed by atoms with Gasteiger partial charge in [0.2, 0.25) is 5.89 Å². The first-order valence-electron chi connectivity index (χ1n) is 9.26. The summed E-state index contributed by atoms with van der Waals surface area (Å²) in [5.41, 5.74) is 0.618. The number of nitrogens with zero attached hydrogens (tertiary/aromatic N) is 7. The Kier molecular flexibility index (Phi) is 4.08. The van der Waals surface area contributed by atoms with Gasteiger partial charge in [0.05, 0.1) is 0 Å². The summed E-state index contributed by atoms with van der Waals surface area (Å²) >= 11 is 0. The van der Waals surface area contributed by atoms with Crippen LogP contribution >= 0.6 is 0 Å². The van der Waals surface area contributed by atoms with Crippen LogP contribution in [0.5, 0.6) is 0 Å². The number of rotatable bonds is 3. The van der Waals surface area contributed by atoms with Crippen molar-refractivity contribution in [1.29, 1.82) is 0 Å². The van der Waals surface area contributed by atoms with E-state index in [1.54, 1.807) is 6.92 Å². The van der Waals surface area contributed by atoms with Gasteiger partial charge in [0.1, 0.15) is 5.82 Å². The van der Waals surface area contributed by atoms with Crippen molar-refractivity contribution in [2.45, 2.75) is 6.92 Å². The molecular weight excluding hydrogens is 354 g/mol. The zero-order valence-electron chi connectivity index (χ0n) is 15.5. The standard InChI is InChI=1S/C20H19N7O/c1-14-22-25-20(28-14)18-15-6-2-3-7-16(15)19(24-23-18)27-12-10-26(11-13-27)17-8-4-5-9-21-17/h2-9H,10-13H2,1H3. The van der Waals surface area contributed by atoms with Crippen molar-refractivity contribution in [3.05, 3.63) is 54.6 Å². The van der Waals surface area contributed by atoms with Crippen LogP contribution in [-0.2, 0) is 0 Å². The number of hydrogen-bond acceptors (Lipinski definition) is 8. The molecule has 0 N–H and O–H groups in total. The van der Waals surface area contributed by atoms with Crippen LogP contribution in [0, 0.1) is 6.92 Å². The number of fused-ring (bicyclic) bond motifs is 1. The minimum absolute atomic E-state index is 0.396. The van der Waals surface area contributed by atoms with E-state index >= 15 is 0 Å². The second kappa shape index (κ2) is 6.88. The average Bonchev–Trinajstić information content (AvgIpc) is 3.20. The molecule has 0 spiro atoms. The number of aryl methyl sites for hydroxylation is 1. The van der Waals surface area contributed by atoms with Crippen LogP contribution in [0.4, 0.5) is 11.6 Å². The summed E-state index contributed by atoms with van der Waals surface area (Å²) < 4.78 is 5.57. The highest BCUT2D eigenvalue weighted by molar-refractivity contribution is 5.99.